The number of fused-ring (bicyclic) bond motifs is 8. The largest absolute Gasteiger partial charge is 0.135 e. The van der Waals surface area contributed by atoms with E-state index in [9.17, 15) is 0 Å². The highest BCUT2D eigenvalue weighted by Crippen LogP contribution is 2.60. The fourth-order valence-electron chi connectivity index (χ4n) is 10.4. The molecule has 9 aromatic carbocycles. The number of hydrogen-bond donors (Lipinski definition) is 0. The van der Waals surface area contributed by atoms with Crippen LogP contribution in [0.4, 0.5) is 0 Å². The van der Waals surface area contributed by atoms with Crippen LogP contribution in [-0.4, -0.2) is 0 Å². The Balaban J connectivity index is 1.28. The molecule has 10 aromatic rings. The Labute approximate surface area is 326 Å². The van der Waals surface area contributed by atoms with Crippen molar-refractivity contribution in [1.29, 1.82) is 0 Å². The average molecular weight is 721 g/mol. The molecule has 0 radical (unpaired) electrons. The molecule has 262 valence electrons. The lowest BCUT2D eigenvalue weighted by atomic mass is 9.79. The highest BCUT2D eigenvalue weighted by atomic mass is 32.1. The second-order valence-electron chi connectivity index (χ2n) is 16.0. The van der Waals surface area contributed by atoms with Crippen molar-refractivity contribution in [1.82, 2.24) is 0 Å². The first kappa shape index (κ1) is 32.4. The lowest BCUT2D eigenvalue weighted by Gasteiger charge is -2.24. The first-order valence-electron chi connectivity index (χ1n) is 19.4. The highest BCUT2D eigenvalue weighted by Gasteiger charge is 2.33. The zero-order valence-electron chi connectivity index (χ0n) is 32.1. The normalized spacial score (nSPS) is 12.2. The van der Waals surface area contributed by atoms with Gasteiger partial charge in [0.1, 0.15) is 0 Å². The molecule has 0 unspecified atom stereocenters. The number of rotatable bonds is 3. The molecule has 1 aliphatic carbocycles. The van der Waals surface area contributed by atoms with E-state index >= 15 is 0 Å². The third kappa shape index (κ3) is 4.57. The summed E-state index contributed by atoms with van der Waals surface area (Å²) >= 11 is 1.93. The van der Waals surface area contributed by atoms with Gasteiger partial charge in [0.25, 0.3) is 0 Å². The van der Waals surface area contributed by atoms with Crippen LogP contribution in [0.3, 0.4) is 0 Å². The summed E-state index contributed by atoms with van der Waals surface area (Å²) in [5, 5.41) is 10.6. The number of thiophene rings is 1. The Morgan fingerprint density at radius 1 is 0.327 bits per heavy atom. The molecule has 0 saturated heterocycles. The first-order valence-corrected chi connectivity index (χ1v) is 20.2. The van der Waals surface area contributed by atoms with E-state index in [-0.39, 0.29) is 0 Å². The van der Waals surface area contributed by atoms with Gasteiger partial charge in [0.05, 0.1) is 0 Å². The molecule has 55 heavy (non-hydrogen) atoms. The number of hydrogen-bond acceptors (Lipinski definition) is 1. The van der Waals surface area contributed by atoms with E-state index in [0.717, 1.165) is 0 Å². The third-order valence-electron chi connectivity index (χ3n) is 12.3. The van der Waals surface area contributed by atoms with Gasteiger partial charge in [-0.1, -0.05) is 132 Å². The molecular weight excluding hydrogens is 681 g/mol. The van der Waals surface area contributed by atoms with Gasteiger partial charge in [0, 0.05) is 25.7 Å². The maximum atomic E-state index is 2.45. The molecule has 1 aliphatic rings. The van der Waals surface area contributed by atoms with Gasteiger partial charge in [-0.15, -0.1) is 11.3 Å². The fourth-order valence-corrected chi connectivity index (χ4v) is 11.7. The minimum Gasteiger partial charge on any atom is -0.135 e. The highest BCUT2D eigenvalue weighted by molar-refractivity contribution is 7.26. The van der Waals surface area contributed by atoms with Gasteiger partial charge < -0.3 is 0 Å². The number of benzene rings is 9. The predicted molar refractivity (Wildman–Crippen MR) is 241 cm³/mol. The molecule has 0 amide bonds. The molecule has 0 aliphatic heterocycles. The van der Waals surface area contributed by atoms with Crippen molar-refractivity contribution in [3.05, 3.63) is 167 Å². The lowest BCUT2D eigenvalue weighted by Crippen LogP contribution is -1.99. The lowest BCUT2D eigenvalue weighted by molar-refractivity contribution is 1.32. The Bertz CT molecular complexity index is 3160. The van der Waals surface area contributed by atoms with Crippen molar-refractivity contribution in [3.8, 4) is 55.6 Å². The molecule has 1 heteroatoms. The van der Waals surface area contributed by atoms with Crippen LogP contribution in [0.25, 0.3) is 108 Å². The molecule has 0 spiro atoms. The SMILES string of the molecule is Cc1cc(C)c(-c2c3c(c(-c4c(C)cc(C)cc4C)c4ccccc24)-c2ccc(-c4cccc5c4sc4cc6ccccc6cc45)c4cccc-3c24)c(C)c1. The van der Waals surface area contributed by atoms with E-state index in [1.54, 1.807) is 0 Å². The van der Waals surface area contributed by atoms with E-state index in [1.807, 2.05) is 11.3 Å². The van der Waals surface area contributed by atoms with Crippen LogP contribution in [0.1, 0.15) is 33.4 Å². The van der Waals surface area contributed by atoms with Crippen LogP contribution >= 0.6 is 11.3 Å². The van der Waals surface area contributed by atoms with E-state index in [0.29, 0.717) is 0 Å². The molecule has 1 aromatic heterocycles. The number of aryl methyl sites for hydroxylation is 6. The summed E-state index contributed by atoms with van der Waals surface area (Å²) in [6.07, 6.45) is 0. The Morgan fingerprint density at radius 2 is 0.800 bits per heavy atom. The minimum atomic E-state index is 1.29. The Morgan fingerprint density at radius 3 is 1.40 bits per heavy atom. The monoisotopic (exact) mass is 720 g/mol. The smallest absolute Gasteiger partial charge is 0.0434 e. The van der Waals surface area contributed by atoms with E-state index < -0.39 is 0 Å². The second kappa shape index (κ2) is 11.7. The molecule has 0 atom stereocenters. The predicted octanol–water partition coefficient (Wildman–Crippen LogP) is 16.0. The molecule has 0 fully saturated rings. The van der Waals surface area contributed by atoms with Gasteiger partial charge >= 0.3 is 0 Å². The van der Waals surface area contributed by atoms with Crippen LogP contribution in [-0.2, 0) is 0 Å². The van der Waals surface area contributed by atoms with Crippen molar-refractivity contribution in [2.45, 2.75) is 41.5 Å². The molecule has 1 heterocycles. The van der Waals surface area contributed by atoms with E-state index in [2.05, 4.69) is 175 Å². The van der Waals surface area contributed by atoms with Gasteiger partial charge in [0.2, 0.25) is 0 Å². The summed E-state index contributed by atoms with van der Waals surface area (Å²) in [5.41, 5.74) is 21.4. The Hall–Kier alpha value is -6.02. The molecule has 0 nitrogen and oxygen atoms in total. The third-order valence-corrected chi connectivity index (χ3v) is 13.5. The minimum absolute atomic E-state index is 1.29. The van der Waals surface area contributed by atoms with Crippen molar-refractivity contribution >= 4 is 63.8 Å². The maximum Gasteiger partial charge on any atom is 0.0434 e. The summed E-state index contributed by atoms with van der Waals surface area (Å²) in [4.78, 5) is 0. The summed E-state index contributed by atoms with van der Waals surface area (Å²) in [6, 6.07) is 51.0. The summed E-state index contributed by atoms with van der Waals surface area (Å²) in [7, 11) is 0. The summed E-state index contributed by atoms with van der Waals surface area (Å²) < 4.78 is 2.70. The summed E-state index contributed by atoms with van der Waals surface area (Å²) in [6.45, 7) is 13.6. The van der Waals surface area contributed by atoms with Crippen LogP contribution in [0.2, 0.25) is 0 Å². The van der Waals surface area contributed by atoms with Crippen molar-refractivity contribution in [3.63, 3.8) is 0 Å². The fraction of sp³-hybridized carbons (Fsp3) is 0.111. The maximum absolute atomic E-state index is 2.45. The van der Waals surface area contributed by atoms with Crippen molar-refractivity contribution < 1.29 is 0 Å². The van der Waals surface area contributed by atoms with Crippen LogP contribution in [0.5, 0.6) is 0 Å². The van der Waals surface area contributed by atoms with Gasteiger partial charge in [-0.3, -0.25) is 0 Å². The zero-order chi connectivity index (χ0) is 37.3. The first-order chi connectivity index (χ1) is 26.8. The molecule has 0 N–H and O–H groups in total. The van der Waals surface area contributed by atoms with E-state index in [4.69, 9.17) is 0 Å². The quantitative estimate of drug-likeness (QED) is 0.170. The standard InChI is InChI=1S/C54H40S/c1-29-23-31(3)47(32(4)24-29)50-39-15-9-10-16-40(39)51(48-33(5)25-30(2)26-34(48)6)53-44-22-21-37(38-17-11-20-43(49(38)44)52(50)53)41-18-12-19-42-45-27-35-13-7-8-14-36(35)28-46(45)55-54(41)42/h7-28H,1-6H3. The van der Waals surface area contributed by atoms with Crippen LogP contribution < -0.4 is 0 Å². The van der Waals surface area contributed by atoms with Crippen LogP contribution in [0.15, 0.2) is 133 Å². The molecule has 0 bridgehead atoms. The zero-order valence-corrected chi connectivity index (χ0v) is 32.9. The molecule has 11 rings (SSSR count). The van der Waals surface area contributed by atoms with Gasteiger partial charge in [-0.2, -0.15) is 0 Å². The van der Waals surface area contributed by atoms with Crippen LogP contribution in [0, 0.1) is 41.5 Å². The Kier molecular flexibility index (Phi) is 6.92. The molecule has 0 saturated carbocycles. The topological polar surface area (TPSA) is 0 Å². The summed E-state index contributed by atoms with van der Waals surface area (Å²) in [5.74, 6) is 0. The second-order valence-corrected chi connectivity index (χ2v) is 17.0. The van der Waals surface area contributed by atoms with Gasteiger partial charge in [0.15, 0.2) is 0 Å². The van der Waals surface area contributed by atoms with Gasteiger partial charge in [-0.05, 0) is 158 Å². The van der Waals surface area contributed by atoms with E-state index in [1.165, 1.54) is 142 Å². The average Bonchev–Trinajstić information content (AvgIpc) is 3.70. The van der Waals surface area contributed by atoms with Crippen molar-refractivity contribution in [2.24, 2.45) is 0 Å². The van der Waals surface area contributed by atoms with Crippen molar-refractivity contribution in [2.75, 3.05) is 0 Å². The van der Waals surface area contributed by atoms with Gasteiger partial charge in [-0.25, -0.2) is 0 Å². The molecular formula is C54H40S.